The van der Waals surface area contributed by atoms with Crippen molar-refractivity contribution >= 4 is 22.0 Å². The lowest BCUT2D eigenvalue weighted by Crippen LogP contribution is -2.46. The Labute approximate surface area is 166 Å². The minimum Gasteiger partial charge on any atom is -0.494 e. The van der Waals surface area contributed by atoms with Gasteiger partial charge in [-0.25, -0.2) is 4.79 Å². The number of urea groups is 1. The summed E-state index contributed by atoms with van der Waals surface area (Å²) in [5, 5.41) is 2.68. The molecule has 0 unspecified atom stereocenters. The maximum Gasteiger partial charge on any atom is 0.389 e. The van der Waals surface area contributed by atoms with Gasteiger partial charge in [-0.3, -0.25) is 4.98 Å². The zero-order valence-corrected chi connectivity index (χ0v) is 17.2. The third kappa shape index (κ3) is 7.40. The van der Waals surface area contributed by atoms with Crippen LogP contribution in [-0.2, 0) is 0 Å². The summed E-state index contributed by atoms with van der Waals surface area (Å²) in [6.45, 7) is 7.53. The summed E-state index contributed by atoms with van der Waals surface area (Å²) in [6, 6.07) is 0.315. The standard InChI is InChI=1S/C18H25BrF3N3O2/c1-5-7-13(8-9-18(20,21)22)24-17(26)25(6-2)12(3)15-10-14(19)16(27-4)11-23-15/h5,10-13H,1,6-9H2,2-4H3,(H,24,26)/t12-,13-/m1/s1. The van der Waals surface area contributed by atoms with Gasteiger partial charge in [0, 0.05) is 19.0 Å². The van der Waals surface area contributed by atoms with E-state index in [4.69, 9.17) is 4.74 Å². The van der Waals surface area contributed by atoms with Crippen LogP contribution in [0.3, 0.4) is 0 Å². The van der Waals surface area contributed by atoms with E-state index in [9.17, 15) is 18.0 Å². The van der Waals surface area contributed by atoms with Crippen LogP contribution in [0.4, 0.5) is 18.0 Å². The average Bonchev–Trinajstić information content (AvgIpc) is 2.59. The molecule has 0 aromatic carbocycles. The largest absolute Gasteiger partial charge is 0.494 e. The van der Waals surface area contributed by atoms with Crippen LogP contribution in [0.25, 0.3) is 0 Å². The van der Waals surface area contributed by atoms with Gasteiger partial charge in [0.2, 0.25) is 0 Å². The molecule has 1 aromatic rings. The Bertz CT molecular complexity index is 641. The number of ether oxygens (including phenoxy) is 1. The van der Waals surface area contributed by atoms with Crippen molar-refractivity contribution in [2.45, 2.75) is 51.4 Å². The first kappa shape index (κ1) is 23.3. The Morgan fingerprint density at radius 3 is 2.67 bits per heavy atom. The highest BCUT2D eigenvalue weighted by Gasteiger charge is 2.29. The molecular formula is C18H25BrF3N3O2. The number of carbonyl (C=O) groups excluding carboxylic acids is 1. The molecule has 0 fully saturated rings. The molecule has 2 atom stereocenters. The number of halogens is 4. The van der Waals surface area contributed by atoms with Crippen molar-refractivity contribution in [3.63, 3.8) is 0 Å². The van der Waals surface area contributed by atoms with Crippen molar-refractivity contribution < 1.29 is 22.7 Å². The van der Waals surface area contributed by atoms with Crippen LogP contribution in [0.2, 0.25) is 0 Å². The van der Waals surface area contributed by atoms with E-state index in [2.05, 4.69) is 32.8 Å². The van der Waals surface area contributed by atoms with Crippen LogP contribution in [0.5, 0.6) is 5.75 Å². The van der Waals surface area contributed by atoms with Crippen molar-refractivity contribution in [3.05, 3.63) is 35.1 Å². The molecule has 0 spiro atoms. The number of nitrogens with zero attached hydrogens (tertiary/aromatic N) is 2. The quantitative estimate of drug-likeness (QED) is 0.522. The van der Waals surface area contributed by atoms with Crippen LogP contribution in [0.15, 0.2) is 29.4 Å². The number of methoxy groups -OCH3 is 1. The fourth-order valence-corrected chi connectivity index (χ4v) is 3.11. The Morgan fingerprint density at radius 2 is 2.19 bits per heavy atom. The minimum absolute atomic E-state index is 0.195. The van der Waals surface area contributed by atoms with Gasteiger partial charge in [0.15, 0.2) is 5.75 Å². The number of aromatic nitrogens is 1. The maximum atomic E-state index is 12.6. The highest BCUT2D eigenvalue weighted by molar-refractivity contribution is 9.10. The molecule has 1 aromatic heterocycles. The van der Waals surface area contributed by atoms with Gasteiger partial charge in [-0.2, -0.15) is 13.2 Å². The van der Waals surface area contributed by atoms with Crippen LogP contribution < -0.4 is 10.1 Å². The van der Waals surface area contributed by atoms with Gasteiger partial charge < -0.3 is 15.0 Å². The molecule has 1 heterocycles. The number of rotatable bonds is 9. The SMILES string of the molecule is C=CC[C@H](CCC(F)(F)F)NC(=O)N(CC)[C@H](C)c1cc(Br)c(OC)cn1. The number of amides is 2. The lowest BCUT2D eigenvalue weighted by molar-refractivity contribution is -0.136. The Balaban J connectivity index is 2.86. The van der Waals surface area contributed by atoms with Gasteiger partial charge >= 0.3 is 12.2 Å². The molecule has 27 heavy (non-hydrogen) atoms. The first-order chi connectivity index (χ1) is 12.6. The molecule has 0 saturated heterocycles. The second-order valence-electron chi connectivity index (χ2n) is 6.03. The molecule has 5 nitrogen and oxygen atoms in total. The topological polar surface area (TPSA) is 54.5 Å². The minimum atomic E-state index is -4.26. The van der Waals surface area contributed by atoms with E-state index in [0.29, 0.717) is 22.5 Å². The first-order valence-corrected chi connectivity index (χ1v) is 9.36. The van der Waals surface area contributed by atoms with E-state index < -0.39 is 24.7 Å². The zero-order chi connectivity index (χ0) is 20.6. The predicted molar refractivity (Wildman–Crippen MR) is 102 cm³/mol. The fraction of sp³-hybridized carbons (Fsp3) is 0.556. The van der Waals surface area contributed by atoms with Crippen LogP contribution in [0, 0.1) is 0 Å². The van der Waals surface area contributed by atoms with Gasteiger partial charge in [-0.05, 0) is 48.7 Å². The first-order valence-electron chi connectivity index (χ1n) is 8.57. The molecule has 9 heteroatoms. The van der Waals surface area contributed by atoms with E-state index in [1.807, 2.05) is 6.92 Å². The summed E-state index contributed by atoms with van der Waals surface area (Å²) in [7, 11) is 1.53. The molecule has 0 radical (unpaired) electrons. The Morgan fingerprint density at radius 1 is 1.52 bits per heavy atom. The van der Waals surface area contributed by atoms with Crippen LogP contribution >= 0.6 is 15.9 Å². The summed E-state index contributed by atoms with van der Waals surface area (Å²) in [4.78, 5) is 18.5. The van der Waals surface area contributed by atoms with Crippen molar-refractivity contribution in [1.29, 1.82) is 0 Å². The maximum absolute atomic E-state index is 12.6. The number of pyridine rings is 1. The summed E-state index contributed by atoms with van der Waals surface area (Å²) in [5.41, 5.74) is 0.634. The Hall–Kier alpha value is -1.77. The van der Waals surface area contributed by atoms with E-state index in [0.717, 1.165) is 0 Å². The predicted octanol–water partition coefficient (Wildman–Crippen LogP) is 5.23. The van der Waals surface area contributed by atoms with E-state index >= 15 is 0 Å². The highest BCUT2D eigenvalue weighted by atomic mass is 79.9. The third-order valence-corrected chi connectivity index (χ3v) is 4.73. The number of hydrogen-bond acceptors (Lipinski definition) is 3. The molecule has 0 aliphatic heterocycles. The van der Waals surface area contributed by atoms with Crippen molar-refractivity contribution in [2.24, 2.45) is 0 Å². The van der Waals surface area contributed by atoms with E-state index in [1.54, 1.807) is 19.2 Å². The van der Waals surface area contributed by atoms with Gasteiger partial charge in [0.05, 0.1) is 29.5 Å². The van der Waals surface area contributed by atoms with Gasteiger partial charge in [-0.1, -0.05) is 6.08 Å². The van der Waals surface area contributed by atoms with Gasteiger partial charge in [-0.15, -0.1) is 6.58 Å². The summed E-state index contributed by atoms with van der Waals surface area (Å²) < 4.78 is 43.3. The zero-order valence-electron chi connectivity index (χ0n) is 15.6. The molecule has 2 amide bonds. The van der Waals surface area contributed by atoms with Crippen molar-refractivity contribution in [3.8, 4) is 5.75 Å². The van der Waals surface area contributed by atoms with Crippen molar-refractivity contribution in [2.75, 3.05) is 13.7 Å². The summed E-state index contributed by atoms with van der Waals surface area (Å²) in [6.07, 6.45) is -2.10. The second-order valence-corrected chi connectivity index (χ2v) is 6.88. The van der Waals surface area contributed by atoms with Gasteiger partial charge in [0.1, 0.15) is 0 Å². The average molecular weight is 452 g/mol. The smallest absolute Gasteiger partial charge is 0.389 e. The molecule has 1 N–H and O–H groups in total. The summed E-state index contributed by atoms with van der Waals surface area (Å²) in [5.74, 6) is 0.566. The molecule has 0 aliphatic rings. The Kier molecular flexibility index (Phi) is 9.08. The van der Waals surface area contributed by atoms with E-state index in [-0.39, 0.29) is 18.9 Å². The highest BCUT2D eigenvalue weighted by Crippen LogP contribution is 2.28. The molecule has 0 saturated carbocycles. The number of hydrogen-bond donors (Lipinski definition) is 1. The van der Waals surface area contributed by atoms with Crippen molar-refractivity contribution in [1.82, 2.24) is 15.2 Å². The molecule has 0 aliphatic carbocycles. The molecule has 1 rings (SSSR count). The monoisotopic (exact) mass is 451 g/mol. The number of nitrogens with one attached hydrogen (secondary N) is 1. The van der Waals surface area contributed by atoms with Gasteiger partial charge in [0.25, 0.3) is 0 Å². The molecule has 152 valence electrons. The third-order valence-electron chi connectivity index (χ3n) is 4.11. The lowest BCUT2D eigenvalue weighted by atomic mass is 10.1. The second kappa shape index (κ2) is 10.5. The fourth-order valence-electron chi connectivity index (χ4n) is 2.61. The number of alkyl halides is 3. The van der Waals surface area contributed by atoms with E-state index in [1.165, 1.54) is 18.1 Å². The lowest BCUT2D eigenvalue weighted by Gasteiger charge is -2.30. The van der Waals surface area contributed by atoms with Crippen LogP contribution in [-0.4, -0.2) is 41.8 Å². The summed E-state index contributed by atoms with van der Waals surface area (Å²) >= 11 is 3.38. The normalized spacial score (nSPS) is 13.6. The van der Waals surface area contributed by atoms with Crippen LogP contribution in [0.1, 0.15) is 44.8 Å². The molecule has 0 bridgehead atoms. The molecular weight excluding hydrogens is 427 g/mol. The number of carbonyl (C=O) groups is 1.